The summed E-state index contributed by atoms with van der Waals surface area (Å²) in [4.78, 5) is 24.6. The quantitative estimate of drug-likeness (QED) is 0.632. The maximum atomic E-state index is 12.4. The molecule has 7 nitrogen and oxygen atoms in total. The summed E-state index contributed by atoms with van der Waals surface area (Å²) in [6.07, 6.45) is 0.572. The van der Waals surface area contributed by atoms with Crippen molar-refractivity contribution in [3.05, 3.63) is 64.0 Å². The molecule has 0 fully saturated rings. The predicted molar refractivity (Wildman–Crippen MR) is 105 cm³/mol. The second-order valence-corrected chi connectivity index (χ2v) is 6.05. The second-order valence-electron chi connectivity index (χ2n) is 6.05. The van der Waals surface area contributed by atoms with Crippen molar-refractivity contribution < 1.29 is 23.4 Å². The molecule has 1 heterocycles. The number of rotatable bonds is 7. The van der Waals surface area contributed by atoms with Crippen LogP contribution >= 0.6 is 0 Å². The van der Waals surface area contributed by atoms with E-state index >= 15 is 0 Å². The number of amides is 1. The SMILES string of the molecule is COc1ccc2cc(C(=O)NCCc3ccc(OC)c(OC)c3)c(=O)oc2c1. The lowest BCUT2D eigenvalue weighted by Gasteiger charge is -2.10. The third kappa shape index (κ3) is 4.09. The van der Waals surface area contributed by atoms with Crippen LogP contribution in [0.3, 0.4) is 0 Å². The molecule has 2 aromatic carbocycles. The monoisotopic (exact) mass is 383 g/mol. The Balaban J connectivity index is 1.69. The Morgan fingerprint density at radius 2 is 1.75 bits per heavy atom. The van der Waals surface area contributed by atoms with Crippen molar-refractivity contribution in [2.45, 2.75) is 6.42 Å². The Kier molecular flexibility index (Phi) is 5.84. The molecule has 0 aliphatic heterocycles. The minimum absolute atomic E-state index is 0.0371. The van der Waals surface area contributed by atoms with E-state index in [-0.39, 0.29) is 5.56 Å². The van der Waals surface area contributed by atoms with E-state index in [4.69, 9.17) is 18.6 Å². The average molecular weight is 383 g/mol. The summed E-state index contributed by atoms with van der Waals surface area (Å²) in [5.74, 6) is 1.35. The van der Waals surface area contributed by atoms with E-state index in [0.717, 1.165) is 5.56 Å². The van der Waals surface area contributed by atoms with Crippen molar-refractivity contribution in [1.29, 1.82) is 0 Å². The average Bonchev–Trinajstić information content (AvgIpc) is 2.72. The number of hydrogen-bond donors (Lipinski definition) is 1. The molecule has 1 amide bonds. The maximum Gasteiger partial charge on any atom is 0.349 e. The molecule has 0 spiro atoms. The van der Waals surface area contributed by atoms with Crippen LogP contribution in [0.25, 0.3) is 11.0 Å². The number of hydrogen-bond acceptors (Lipinski definition) is 6. The fourth-order valence-corrected chi connectivity index (χ4v) is 2.83. The number of carbonyl (C=O) groups is 1. The topological polar surface area (TPSA) is 87.0 Å². The molecule has 146 valence electrons. The van der Waals surface area contributed by atoms with Gasteiger partial charge in [0.05, 0.1) is 21.3 Å². The first-order valence-corrected chi connectivity index (χ1v) is 8.66. The number of ether oxygens (including phenoxy) is 3. The van der Waals surface area contributed by atoms with Gasteiger partial charge in [0, 0.05) is 18.0 Å². The highest BCUT2D eigenvalue weighted by atomic mass is 16.5. The molecular formula is C21H21NO6. The Labute approximate surface area is 161 Å². The first kappa shape index (κ1) is 19.3. The fourth-order valence-electron chi connectivity index (χ4n) is 2.83. The molecule has 0 aliphatic carbocycles. The smallest absolute Gasteiger partial charge is 0.349 e. The third-order valence-corrected chi connectivity index (χ3v) is 4.33. The van der Waals surface area contributed by atoms with Crippen LogP contribution in [0.5, 0.6) is 17.2 Å². The minimum atomic E-state index is -0.690. The summed E-state index contributed by atoms with van der Waals surface area (Å²) in [6.45, 7) is 0.356. The fraction of sp³-hybridized carbons (Fsp3) is 0.238. The molecule has 0 saturated carbocycles. The normalized spacial score (nSPS) is 10.5. The molecule has 0 radical (unpaired) electrons. The van der Waals surface area contributed by atoms with E-state index in [1.807, 2.05) is 18.2 Å². The van der Waals surface area contributed by atoms with Crippen molar-refractivity contribution in [3.8, 4) is 17.2 Å². The highest BCUT2D eigenvalue weighted by molar-refractivity contribution is 5.96. The van der Waals surface area contributed by atoms with Gasteiger partial charge in [0.2, 0.25) is 0 Å². The molecule has 3 rings (SSSR count). The van der Waals surface area contributed by atoms with E-state index < -0.39 is 11.5 Å². The van der Waals surface area contributed by atoms with Crippen LogP contribution in [0, 0.1) is 0 Å². The Morgan fingerprint density at radius 3 is 2.46 bits per heavy atom. The Morgan fingerprint density at radius 1 is 0.964 bits per heavy atom. The highest BCUT2D eigenvalue weighted by Gasteiger charge is 2.14. The summed E-state index contributed by atoms with van der Waals surface area (Å²) in [5, 5.41) is 3.39. The van der Waals surface area contributed by atoms with Gasteiger partial charge in [0.25, 0.3) is 5.91 Å². The van der Waals surface area contributed by atoms with Gasteiger partial charge in [-0.15, -0.1) is 0 Å². The van der Waals surface area contributed by atoms with E-state index in [2.05, 4.69) is 5.32 Å². The zero-order valence-electron chi connectivity index (χ0n) is 15.9. The number of fused-ring (bicyclic) bond motifs is 1. The van der Waals surface area contributed by atoms with Crippen LogP contribution in [0.2, 0.25) is 0 Å². The minimum Gasteiger partial charge on any atom is -0.497 e. The van der Waals surface area contributed by atoms with E-state index in [1.165, 1.54) is 13.2 Å². The molecule has 0 saturated heterocycles. The van der Waals surface area contributed by atoms with Crippen LogP contribution in [0.1, 0.15) is 15.9 Å². The van der Waals surface area contributed by atoms with Crippen molar-refractivity contribution in [2.75, 3.05) is 27.9 Å². The molecule has 0 aliphatic rings. The molecule has 7 heteroatoms. The molecule has 0 atom stereocenters. The lowest BCUT2D eigenvalue weighted by atomic mass is 10.1. The third-order valence-electron chi connectivity index (χ3n) is 4.33. The Hall–Kier alpha value is -3.48. The largest absolute Gasteiger partial charge is 0.497 e. The van der Waals surface area contributed by atoms with Gasteiger partial charge in [0.1, 0.15) is 16.9 Å². The maximum absolute atomic E-state index is 12.4. The summed E-state index contributed by atoms with van der Waals surface area (Å²) < 4.78 is 20.8. The summed E-state index contributed by atoms with van der Waals surface area (Å²) in [7, 11) is 4.67. The first-order valence-electron chi connectivity index (χ1n) is 8.66. The number of nitrogens with one attached hydrogen (secondary N) is 1. The van der Waals surface area contributed by atoms with Gasteiger partial charge in [-0.3, -0.25) is 4.79 Å². The lowest BCUT2D eigenvalue weighted by Crippen LogP contribution is -2.29. The van der Waals surface area contributed by atoms with Crippen LogP contribution in [-0.2, 0) is 6.42 Å². The molecular weight excluding hydrogens is 362 g/mol. The first-order chi connectivity index (χ1) is 13.5. The highest BCUT2D eigenvalue weighted by Crippen LogP contribution is 2.27. The lowest BCUT2D eigenvalue weighted by molar-refractivity contribution is 0.0950. The van der Waals surface area contributed by atoms with Crippen LogP contribution in [0.15, 0.2) is 51.7 Å². The molecule has 3 aromatic rings. The summed E-state index contributed by atoms with van der Waals surface area (Å²) in [6, 6.07) is 12.1. The molecule has 1 N–H and O–H groups in total. The Bertz CT molecular complexity index is 1060. The number of methoxy groups -OCH3 is 3. The summed E-state index contributed by atoms with van der Waals surface area (Å²) >= 11 is 0. The van der Waals surface area contributed by atoms with Gasteiger partial charge < -0.3 is 23.9 Å². The summed E-state index contributed by atoms with van der Waals surface area (Å²) in [5.41, 5.74) is 0.608. The zero-order valence-corrected chi connectivity index (χ0v) is 15.9. The van der Waals surface area contributed by atoms with Crippen molar-refractivity contribution in [1.82, 2.24) is 5.32 Å². The predicted octanol–water partition coefficient (Wildman–Crippen LogP) is 2.79. The molecule has 1 aromatic heterocycles. The van der Waals surface area contributed by atoms with Gasteiger partial charge in [-0.1, -0.05) is 6.07 Å². The van der Waals surface area contributed by atoms with Crippen LogP contribution in [0.4, 0.5) is 0 Å². The molecule has 28 heavy (non-hydrogen) atoms. The zero-order chi connectivity index (χ0) is 20.1. The van der Waals surface area contributed by atoms with Gasteiger partial charge in [-0.25, -0.2) is 4.79 Å². The number of benzene rings is 2. The van der Waals surface area contributed by atoms with Crippen LogP contribution in [-0.4, -0.2) is 33.8 Å². The van der Waals surface area contributed by atoms with Gasteiger partial charge in [-0.05, 0) is 42.3 Å². The second kappa shape index (κ2) is 8.47. The van der Waals surface area contributed by atoms with E-state index in [1.54, 1.807) is 32.4 Å². The number of carbonyl (C=O) groups excluding carboxylic acids is 1. The van der Waals surface area contributed by atoms with Crippen molar-refractivity contribution in [2.24, 2.45) is 0 Å². The van der Waals surface area contributed by atoms with Gasteiger partial charge in [0.15, 0.2) is 11.5 Å². The van der Waals surface area contributed by atoms with Gasteiger partial charge in [-0.2, -0.15) is 0 Å². The van der Waals surface area contributed by atoms with Gasteiger partial charge >= 0.3 is 5.63 Å². The van der Waals surface area contributed by atoms with Crippen LogP contribution < -0.4 is 25.2 Å². The molecule has 0 bridgehead atoms. The van der Waals surface area contributed by atoms with Crippen molar-refractivity contribution >= 4 is 16.9 Å². The van der Waals surface area contributed by atoms with E-state index in [9.17, 15) is 9.59 Å². The van der Waals surface area contributed by atoms with E-state index in [0.29, 0.717) is 41.2 Å². The molecule has 0 unspecified atom stereocenters. The van der Waals surface area contributed by atoms with Crippen molar-refractivity contribution in [3.63, 3.8) is 0 Å². The standard InChI is InChI=1S/C21H21NO6/c1-25-15-6-5-14-11-16(21(24)28-18(14)12-15)20(23)22-9-8-13-4-7-17(26-2)19(10-13)27-3/h4-7,10-12H,8-9H2,1-3H3,(H,22,23).